The van der Waals surface area contributed by atoms with Crippen molar-refractivity contribution in [2.45, 2.75) is 38.3 Å². The summed E-state index contributed by atoms with van der Waals surface area (Å²) in [5.41, 5.74) is -0.0565. The van der Waals surface area contributed by atoms with Crippen LogP contribution in [0.3, 0.4) is 0 Å². The average Bonchev–Trinajstić information content (AvgIpc) is 3.29. The Hall–Kier alpha value is -1.89. The first-order valence-electron chi connectivity index (χ1n) is 8.20. The van der Waals surface area contributed by atoms with Crippen LogP contribution in [0.5, 0.6) is 0 Å². The highest BCUT2D eigenvalue weighted by molar-refractivity contribution is 7.91. The largest absolute Gasteiger partial charge is 0.351 e. The second-order valence-electron chi connectivity index (χ2n) is 6.76. The summed E-state index contributed by atoms with van der Waals surface area (Å²) in [5, 5.41) is 5.66. The quantitative estimate of drug-likeness (QED) is 0.773. The van der Waals surface area contributed by atoms with Gasteiger partial charge in [0, 0.05) is 6.04 Å². The van der Waals surface area contributed by atoms with Gasteiger partial charge in [-0.25, -0.2) is 8.42 Å². The molecule has 7 heteroatoms. The highest BCUT2D eigenvalue weighted by Crippen LogP contribution is 2.46. The van der Waals surface area contributed by atoms with Crippen LogP contribution < -0.4 is 10.6 Å². The number of rotatable bonds is 5. The molecule has 130 valence electrons. The number of nitrogens with one attached hydrogen (secondary N) is 2. The third-order valence-corrected chi connectivity index (χ3v) is 6.60. The minimum atomic E-state index is -3.06. The van der Waals surface area contributed by atoms with Crippen molar-refractivity contribution < 1.29 is 18.0 Å². The van der Waals surface area contributed by atoms with Crippen LogP contribution in [0.1, 0.15) is 37.8 Å². The molecule has 1 aromatic carbocycles. The minimum absolute atomic E-state index is 0.0309. The van der Waals surface area contributed by atoms with Crippen molar-refractivity contribution in [1.29, 1.82) is 0 Å². The van der Waals surface area contributed by atoms with Crippen molar-refractivity contribution in [2.24, 2.45) is 5.41 Å². The van der Waals surface area contributed by atoms with Crippen LogP contribution in [-0.4, -0.2) is 37.8 Å². The summed E-state index contributed by atoms with van der Waals surface area (Å²) >= 11 is 0. The minimum Gasteiger partial charge on any atom is -0.351 e. The molecule has 0 spiro atoms. The zero-order valence-corrected chi connectivity index (χ0v) is 14.4. The monoisotopic (exact) mass is 350 g/mol. The van der Waals surface area contributed by atoms with Gasteiger partial charge in [-0.2, -0.15) is 0 Å². The van der Waals surface area contributed by atoms with Crippen LogP contribution >= 0.6 is 0 Å². The van der Waals surface area contributed by atoms with Gasteiger partial charge in [0.1, 0.15) is 5.41 Å². The molecule has 2 unspecified atom stereocenters. The molecule has 1 saturated heterocycles. The van der Waals surface area contributed by atoms with Crippen LogP contribution in [0.2, 0.25) is 0 Å². The molecule has 1 heterocycles. The molecule has 24 heavy (non-hydrogen) atoms. The van der Waals surface area contributed by atoms with Gasteiger partial charge >= 0.3 is 0 Å². The molecular weight excluding hydrogens is 328 g/mol. The Labute approximate surface area is 141 Å². The average molecular weight is 350 g/mol. The van der Waals surface area contributed by atoms with Crippen molar-refractivity contribution >= 4 is 21.7 Å². The van der Waals surface area contributed by atoms with Crippen LogP contribution in [0.15, 0.2) is 30.3 Å². The predicted octanol–water partition coefficient (Wildman–Crippen LogP) is 0.947. The van der Waals surface area contributed by atoms with Gasteiger partial charge in [-0.1, -0.05) is 30.3 Å². The summed E-state index contributed by atoms with van der Waals surface area (Å²) < 4.78 is 23.0. The highest BCUT2D eigenvalue weighted by Gasteiger charge is 2.57. The van der Waals surface area contributed by atoms with E-state index in [0.29, 0.717) is 19.3 Å². The number of carbonyl (C=O) groups excluding carboxylic acids is 2. The fourth-order valence-electron chi connectivity index (χ4n) is 3.07. The van der Waals surface area contributed by atoms with Gasteiger partial charge in [0.2, 0.25) is 11.8 Å². The lowest BCUT2D eigenvalue weighted by molar-refractivity contribution is -0.137. The molecule has 2 fully saturated rings. The molecule has 2 N–H and O–H groups in total. The van der Waals surface area contributed by atoms with Gasteiger partial charge in [-0.15, -0.1) is 0 Å². The Morgan fingerprint density at radius 3 is 2.38 bits per heavy atom. The van der Waals surface area contributed by atoms with Crippen LogP contribution in [0.4, 0.5) is 0 Å². The summed E-state index contributed by atoms with van der Waals surface area (Å²) in [6.07, 6.45) is 1.43. The number of sulfone groups is 1. The third-order valence-electron chi connectivity index (χ3n) is 4.83. The molecule has 1 aliphatic heterocycles. The molecule has 0 radical (unpaired) electrons. The molecule has 1 saturated carbocycles. The Morgan fingerprint density at radius 2 is 1.83 bits per heavy atom. The maximum absolute atomic E-state index is 12.6. The van der Waals surface area contributed by atoms with Crippen molar-refractivity contribution in [3.8, 4) is 0 Å². The molecule has 2 amide bonds. The van der Waals surface area contributed by atoms with Crippen LogP contribution in [0.25, 0.3) is 0 Å². The van der Waals surface area contributed by atoms with E-state index >= 15 is 0 Å². The normalized spacial score (nSPS) is 24.8. The van der Waals surface area contributed by atoms with Gasteiger partial charge < -0.3 is 10.6 Å². The van der Waals surface area contributed by atoms with E-state index in [0.717, 1.165) is 5.56 Å². The first-order chi connectivity index (χ1) is 11.3. The van der Waals surface area contributed by atoms with Gasteiger partial charge in [-0.05, 0) is 31.7 Å². The van der Waals surface area contributed by atoms with E-state index in [1.807, 2.05) is 37.3 Å². The molecule has 6 nitrogen and oxygen atoms in total. The smallest absolute Gasteiger partial charge is 0.236 e. The summed E-state index contributed by atoms with van der Waals surface area (Å²) in [7, 11) is -3.06. The van der Waals surface area contributed by atoms with Crippen LogP contribution in [-0.2, 0) is 19.4 Å². The number of carbonyl (C=O) groups is 2. The zero-order chi connectivity index (χ0) is 17.4. The van der Waals surface area contributed by atoms with E-state index in [2.05, 4.69) is 10.6 Å². The first kappa shape index (κ1) is 17.0. The third kappa shape index (κ3) is 3.45. The summed E-state index contributed by atoms with van der Waals surface area (Å²) in [6.45, 7) is 1.88. The SMILES string of the molecule is CC(NC(=O)C1(C(=O)NC2CCS(=O)(=O)C2)CC1)c1ccccc1. The first-order valence-corrected chi connectivity index (χ1v) is 10.0. The molecule has 3 rings (SSSR count). The van der Waals surface area contributed by atoms with Gasteiger partial charge in [0.15, 0.2) is 9.84 Å². The van der Waals surface area contributed by atoms with Crippen molar-refractivity contribution in [3.05, 3.63) is 35.9 Å². The van der Waals surface area contributed by atoms with Crippen molar-refractivity contribution in [2.75, 3.05) is 11.5 Å². The maximum atomic E-state index is 12.6. The van der Waals surface area contributed by atoms with Gasteiger partial charge in [0.05, 0.1) is 17.5 Å². The lowest BCUT2D eigenvalue weighted by Gasteiger charge is -2.21. The molecule has 0 aromatic heterocycles. The van der Waals surface area contributed by atoms with E-state index in [1.165, 1.54) is 0 Å². The number of benzene rings is 1. The lowest BCUT2D eigenvalue weighted by Crippen LogP contribution is -2.47. The molecule has 1 aromatic rings. The van der Waals surface area contributed by atoms with Crippen LogP contribution in [0, 0.1) is 5.41 Å². The molecule has 0 bridgehead atoms. The van der Waals surface area contributed by atoms with Gasteiger partial charge in [0.25, 0.3) is 0 Å². The summed E-state index contributed by atoms with van der Waals surface area (Å²) in [5.74, 6) is -0.557. The molecule has 2 atom stereocenters. The van der Waals surface area contributed by atoms with E-state index < -0.39 is 15.3 Å². The fraction of sp³-hybridized carbons (Fsp3) is 0.529. The van der Waals surface area contributed by atoms with E-state index in [9.17, 15) is 18.0 Å². The maximum Gasteiger partial charge on any atom is 0.236 e. The fourth-order valence-corrected chi connectivity index (χ4v) is 4.75. The molecule has 2 aliphatic rings. The topological polar surface area (TPSA) is 92.3 Å². The second kappa shape index (κ2) is 6.20. The summed E-state index contributed by atoms with van der Waals surface area (Å²) in [6, 6.07) is 9.00. The van der Waals surface area contributed by atoms with Crippen molar-refractivity contribution in [3.63, 3.8) is 0 Å². The Bertz CT molecular complexity index is 741. The van der Waals surface area contributed by atoms with Crippen molar-refractivity contribution in [1.82, 2.24) is 10.6 Å². The molecular formula is C17H22N2O4S. The molecule has 1 aliphatic carbocycles. The Morgan fingerprint density at radius 1 is 1.17 bits per heavy atom. The van der Waals surface area contributed by atoms with Gasteiger partial charge in [-0.3, -0.25) is 9.59 Å². The number of hydrogen-bond acceptors (Lipinski definition) is 4. The Balaban J connectivity index is 1.61. The second-order valence-corrected chi connectivity index (χ2v) is 8.99. The van der Waals surface area contributed by atoms with E-state index in [1.54, 1.807) is 0 Å². The standard InChI is InChI=1S/C17H22N2O4S/c1-12(13-5-3-2-4-6-13)18-15(20)17(8-9-17)16(21)19-14-7-10-24(22,23)11-14/h2-6,12,14H,7-11H2,1H3,(H,18,20)(H,19,21). The van der Waals surface area contributed by atoms with E-state index in [4.69, 9.17) is 0 Å². The highest BCUT2D eigenvalue weighted by atomic mass is 32.2. The van der Waals surface area contributed by atoms with E-state index in [-0.39, 0.29) is 35.4 Å². The zero-order valence-electron chi connectivity index (χ0n) is 13.6. The Kier molecular flexibility index (Phi) is 4.38. The summed E-state index contributed by atoms with van der Waals surface area (Å²) in [4.78, 5) is 25.1. The number of hydrogen-bond donors (Lipinski definition) is 2. The number of amides is 2. The lowest BCUT2D eigenvalue weighted by atomic mass is 10.0. The predicted molar refractivity (Wildman–Crippen MR) is 89.9 cm³/mol.